The first-order chi connectivity index (χ1) is 8.25. The molecule has 0 amide bonds. The standard InChI is InChI=1S/C12H15NO4/c14-11-6-3-5-10(13-11)12(15)17-8-9-4-1-2-7-16-9/h3,5-6,9H,1-2,4,7-8H2,(H,13,14). The molecule has 1 aliphatic heterocycles. The van der Waals surface area contributed by atoms with Crippen molar-refractivity contribution in [3.05, 3.63) is 34.2 Å². The van der Waals surface area contributed by atoms with Gasteiger partial charge in [0.15, 0.2) is 0 Å². The minimum absolute atomic E-state index is 0.0110. The summed E-state index contributed by atoms with van der Waals surface area (Å²) in [5.41, 5.74) is -0.137. The molecule has 1 aliphatic rings. The van der Waals surface area contributed by atoms with Crippen LogP contribution < -0.4 is 5.56 Å². The van der Waals surface area contributed by atoms with Crippen molar-refractivity contribution in [1.82, 2.24) is 4.98 Å². The second-order valence-electron chi connectivity index (χ2n) is 4.02. The number of aromatic nitrogens is 1. The van der Waals surface area contributed by atoms with Gasteiger partial charge in [0, 0.05) is 12.7 Å². The van der Waals surface area contributed by atoms with Crippen LogP contribution in [0.4, 0.5) is 0 Å². The fourth-order valence-electron chi connectivity index (χ4n) is 1.75. The van der Waals surface area contributed by atoms with Gasteiger partial charge in [-0.05, 0) is 25.3 Å². The first-order valence-corrected chi connectivity index (χ1v) is 5.74. The molecule has 1 aromatic rings. The third-order valence-corrected chi connectivity index (χ3v) is 2.66. The number of nitrogens with one attached hydrogen (secondary N) is 1. The maximum absolute atomic E-state index is 11.6. The number of rotatable bonds is 3. The van der Waals surface area contributed by atoms with E-state index in [1.54, 1.807) is 0 Å². The fraction of sp³-hybridized carbons (Fsp3) is 0.500. The summed E-state index contributed by atoms with van der Waals surface area (Å²) in [6, 6.07) is 4.39. The van der Waals surface area contributed by atoms with Crippen molar-refractivity contribution >= 4 is 5.97 Å². The molecule has 17 heavy (non-hydrogen) atoms. The summed E-state index contributed by atoms with van der Waals surface area (Å²) in [5, 5.41) is 0. The first kappa shape index (κ1) is 11.9. The summed E-state index contributed by atoms with van der Waals surface area (Å²) in [6.45, 7) is 0.972. The SMILES string of the molecule is O=C(OCC1CCCCO1)c1cccc(=O)[nH]1. The highest BCUT2D eigenvalue weighted by molar-refractivity contribution is 5.87. The lowest BCUT2D eigenvalue weighted by atomic mass is 10.1. The van der Waals surface area contributed by atoms with Crippen LogP contribution in [0.15, 0.2) is 23.0 Å². The van der Waals surface area contributed by atoms with Crippen molar-refractivity contribution in [3.63, 3.8) is 0 Å². The Bertz CT molecular complexity index is 434. The van der Waals surface area contributed by atoms with Crippen LogP contribution in [0.25, 0.3) is 0 Å². The van der Waals surface area contributed by atoms with Gasteiger partial charge in [0.1, 0.15) is 12.3 Å². The zero-order valence-corrected chi connectivity index (χ0v) is 9.48. The average molecular weight is 237 g/mol. The van der Waals surface area contributed by atoms with Crippen LogP contribution in [-0.4, -0.2) is 30.3 Å². The molecule has 2 rings (SSSR count). The smallest absolute Gasteiger partial charge is 0.354 e. The van der Waals surface area contributed by atoms with E-state index in [2.05, 4.69) is 4.98 Å². The molecule has 1 aromatic heterocycles. The van der Waals surface area contributed by atoms with Gasteiger partial charge in [-0.25, -0.2) is 4.79 Å². The number of pyridine rings is 1. The predicted molar refractivity (Wildman–Crippen MR) is 60.9 cm³/mol. The van der Waals surface area contributed by atoms with E-state index < -0.39 is 5.97 Å². The maximum Gasteiger partial charge on any atom is 0.354 e. The van der Waals surface area contributed by atoms with E-state index in [1.165, 1.54) is 18.2 Å². The molecule has 1 saturated heterocycles. The lowest BCUT2D eigenvalue weighted by Gasteiger charge is -2.21. The highest BCUT2D eigenvalue weighted by Gasteiger charge is 2.16. The first-order valence-electron chi connectivity index (χ1n) is 5.74. The minimum atomic E-state index is -0.517. The van der Waals surface area contributed by atoms with Crippen molar-refractivity contribution in [2.75, 3.05) is 13.2 Å². The minimum Gasteiger partial charge on any atom is -0.458 e. The Hall–Kier alpha value is -1.62. The largest absolute Gasteiger partial charge is 0.458 e. The molecular formula is C12H15NO4. The Morgan fingerprint density at radius 3 is 3.06 bits per heavy atom. The number of aromatic amines is 1. The summed E-state index contributed by atoms with van der Waals surface area (Å²) in [7, 11) is 0. The van der Waals surface area contributed by atoms with Gasteiger partial charge >= 0.3 is 5.97 Å². The Balaban J connectivity index is 1.86. The molecule has 0 aromatic carbocycles. The lowest BCUT2D eigenvalue weighted by Crippen LogP contribution is -2.26. The normalized spacial score (nSPS) is 19.9. The van der Waals surface area contributed by atoms with Gasteiger partial charge in [0.25, 0.3) is 0 Å². The number of carbonyl (C=O) groups excluding carboxylic acids is 1. The molecular weight excluding hydrogens is 222 g/mol. The molecule has 5 heteroatoms. The van der Waals surface area contributed by atoms with Gasteiger partial charge in [-0.2, -0.15) is 0 Å². The third-order valence-electron chi connectivity index (χ3n) is 2.66. The molecule has 1 unspecified atom stereocenters. The predicted octanol–water partition coefficient (Wildman–Crippen LogP) is 1.10. The van der Waals surface area contributed by atoms with E-state index in [-0.39, 0.29) is 24.0 Å². The summed E-state index contributed by atoms with van der Waals surface area (Å²) in [5.74, 6) is -0.517. The van der Waals surface area contributed by atoms with Gasteiger partial charge in [-0.3, -0.25) is 4.79 Å². The van der Waals surface area contributed by atoms with E-state index >= 15 is 0 Å². The summed E-state index contributed by atoms with van der Waals surface area (Å²) in [6.07, 6.45) is 3.07. The molecule has 92 valence electrons. The van der Waals surface area contributed by atoms with Gasteiger partial charge in [0.2, 0.25) is 5.56 Å². The van der Waals surface area contributed by atoms with E-state index in [0.29, 0.717) is 0 Å². The highest BCUT2D eigenvalue weighted by Crippen LogP contribution is 2.13. The van der Waals surface area contributed by atoms with E-state index in [4.69, 9.17) is 9.47 Å². The molecule has 0 radical (unpaired) electrons. The average Bonchev–Trinajstić information content (AvgIpc) is 2.37. The lowest BCUT2D eigenvalue weighted by molar-refractivity contribution is -0.0302. The second-order valence-corrected chi connectivity index (χ2v) is 4.02. The van der Waals surface area contributed by atoms with Crippen molar-refractivity contribution in [2.45, 2.75) is 25.4 Å². The van der Waals surface area contributed by atoms with Crippen molar-refractivity contribution in [3.8, 4) is 0 Å². The Kier molecular flexibility index (Phi) is 3.93. The van der Waals surface area contributed by atoms with Gasteiger partial charge in [-0.1, -0.05) is 6.07 Å². The van der Waals surface area contributed by atoms with E-state index in [9.17, 15) is 9.59 Å². The number of ether oxygens (including phenoxy) is 2. The van der Waals surface area contributed by atoms with Crippen molar-refractivity contribution in [2.24, 2.45) is 0 Å². The molecule has 1 atom stereocenters. The zero-order valence-electron chi connectivity index (χ0n) is 9.48. The van der Waals surface area contributed by atoms with Crippen LogP contribution in [0, 0.1) is 0 Å². The summed E-state index contributed by atoms with van der Waals surface area (Å²) in [4.78, 5) is 25.0. The molecule has 1 N–H and O–H groups in total. The Morgan fingerprint density at radius 1 is 1.47 bits per heavy atom. The van der Waals surface area contributed by atoms with Crippen LogP contribution in [0.5, 0.6) is 0 Å². The molecule has 0 saturated carbocycles. The second kappa shape index (κ2) is 5.63. The Labute approximate surface area is 98.7 Å². The molecule has 0 aliphatic carbocycles. The maximum atomic E-state index is 11.6. The van der Waals surface area contributed by atoms with Crippen LogP contribution in [0.2, 0.25) is 0 Å². The number of H-pyrrole nitrogens is 1. The fourth-order valence-corrected chi connectivity index (χ4v) is 1.75. The third kappa shape index (κ3) is 3.42. The van der Waals surface area contributed by atoms with Crippen LogP contribution in [-0.2, 0) is 9.47 Å². The van der Waals surface area contributed by atoms with E-state index in [1.807, 2.05) is 0 Å². The summed E-state index contributed by atoms with van der Waals surface area (Å²) >= 11 is 0. The van der Waals surface area contributed by atoms with Crippen LogP contribution in [0.3, 0.4) is 0 Å². The molecule has 0 bridgehead atoms. The highest BCUT2D eigenvalue weighted by atomic mass is 16.6. The van der Waals surface area contributed by atoms with E-state index in [0.717, 1.165) is 25.9 Å². The number of carbonyl (C=O) groups is 1. The molecule has 1 fully saturated rings. The van der Waals surface area contributed by atoms with Crippen molar-refractivity contribution in [1.29, 1.82) is 0 Å². The number of esters is 1. The zero-order chi connectivity index (χ0) is 12.1. The number of hydrogen-bond acceptors (Lipinski definition) is 4. The Morgan fingerprint density at radius 2 is 2.35 bits per heavy atom. The molecule has 0 spiro atoms. The van der Waals surface area contributed by atoms with Crippen LogP contribution >= 0.6 is 0 Å². The van der Waals surface area contributed by atoms with Crippen LogP contribution in [0.1, 0.15) is 29.8 Å². The quantitative estimate of drug-likeness (QED) is 0.799. The van der Waals surface area contributed by atoms with Gasteiger partial charge in [-0.15, -0.1) is 0 Å². The van der Waals surface area contributed by atoms with Gasteiger partial charge < -0.3 is 14.5 Å². The number of hydrogen-bond donors (Lipinski definition) is 1. The topological polar surface area (TPSA) is 68.4 Å². The summed E-state index contributed by atoms with van der Waals surface area (Å²) < 4.78 is 10.5. The molecule has 2 heterocycles. The monoisotopic (exact) mass is 237 g/mol. The van der Waals surface area contributed by atoms with Gasteiger partial charge in [0.05, 0.1) is 6.10 Å². The van der Waals surface area contributed by atoms with Crippen molar-refractivity contribution < 1.29 is 14.3 Å². The molecule has 5 nitrogen and oxygen atoms in total.